The number of para-hydroxylation sites is 1. The van der Waals surface area contributed by atoms with Crippen LogP contribution in [0.1, 0.15) is 209 Å². The van der Waals surface area contributed by atoms with Crippen molar-refractivity contribution in [1.82, 2.24) is 0 Å². The predicted octanol–water partition coefficient (Wildman–Crippen LogP) is 18.5. The number of hydrogen-bond donors (Lipinski definition) is 0. The molecular formula is C62H90O. The van der Waals surface area contributed by atoms with Gasteiger partial charge in [-0.3, -0.25) is 0 Å². The van der Waals surface area contributed by atoms with Crippen molar-refractivity contribution in [2.75, 3.05) is 0 Å². The van der Waals surface area contributed by atoms with Crippen molar-refractivity contribution in [1.29, 1.82) is 0 Å². The number of rotatable bonds is 12. The minimum absolute atomic E-state index is 0.289. The molecule has 344 valence electrons. The van der Waals surface area contributed by atoms with E-state index < -0.39 is 0 Å². The van der Waals surface area contributed by atoms with E-state index in [-0.39, 0.29) is 5.41 Å². The molecule has 1 heterocycles. The summed E-state index contributed by atoms with van der Waals surface area (Å²) < 4.78 is 7.07. The summed E-state index contributed by atoms with van der Waals surface area (Å²) in [7, 11) is 0. The molecule has 4 fully saturated rings. The topological polar surface area (TPSA) is 13.1 Å². The second-order valence-corrected chi connectivity index (χ2v) is 26.1. The van der Waals surface area contributed by atoms with Crippen molar-refractivity contribution in [2.45, 2.75) is 198 Å². The lowest BCUT2D eigenvalue weighted by molar-refractivity contribution is -0.0450. The Bertz CT molecular complexity index is 2130. The molecular weight excluding hydrogens is 761 g/mol. The van der Waals surface area contributed by atoms with Crippen LogP contribution in [0.4, 0.5) is 0 Å². The zero-order valence-electron chi connectivity index (χ0n) is 42.1. The van der Waals surface area contributed by atoms with Crippen LogP contribution in [-0.4, -0.2) is 0 Å². The first kappa shape index (κ1) is 44.6. The predicted molar refractivity (Wildman–Crippen MR) is 269 cm³/mol. The van der Waals surface area contributed by atoms with Crippen LogP contribution >= 0.6 is 0 Å². The molecule has 8 aliphatic carbocycles. The molecule has 0 saturated heterocycles. The molecule has 0 N–H and O–H groups in total. The average molecular weight is 851 g/mol. The fourth-order valence-electron chi connectivity index (χ4n) is 18.7. The molecule has 0 amide bonds. The van der Waals surface area contributed by atoms with Gasteiger partial charge in [-0.2, -0.15) is 0 Å². The second-order valence-electron chi connectivity index (χ2n) is 26.1. The van der Waals surface area contributed by atoms with Crippen LogP contribution in [0.15, 0.2) is 64.1 Å². The SMILES string of the molecule is CC(C)CCC[C@@H](C)[C@H]1CC[C@H]2[C@@H]3CC=C4C=C(c5oc6ccccc6c5C5=CC6=CC[C@H]7[C@@H]8CC[C@H]([C@H](C)CCCC(C)C)[C@@]8(C)CC[C@@H]7[C@@]6(C)CC5)CC[C@]4(C)[C@H]3CC[C@]12C. The smallest absolute Gasteiger partial charge is 0.138 e. The highest BCUT2D eigenvalue weighted by Gasteiger charge is 2.60. The highest BCUT2D eigenvalue weighted by atomic mass is 16.3. The molecule has 0 radical (unpaired) electrons. The van der Waals surface area contributed by atoms with E-state index in [1.165, 1.54) is 144 Å². The molecule has 8 aliphatic rings. The molecule has 63 heavy (non-hydrogen) atoms. The van der Waals surface area contributed by atoms with E-state index in [1.54, 1.807) is 16.7 Å². The van der Waals surface area contributed by atoms with Crippen molar-refractivity contribution < 1.29 is 4.42 Å². The maximum absolute atomic E-state index is 7.07. The van der Waals surface area contributed by atoms with Gasteiger partial charge < -0.3 is 4.42 Å². The summed E-state index contributed by atoms with van der Waals surface area (Å²) in [5.41, 5.74) is 10.5. The third-order valence-electron chi connectivity index (χ3n) is 22.1. The Morgan fingerprint density at radius 1 is 0.556 bits per heavy atom. The normalized spacial score (nSPS) is 40.5. The van der Waals surface area contributed by atoms with Crippen LogP contribution in [0.3, 0.4) is 0 Å². The number of fused-ring (bicyclic) bond motifs is 11. The van der Waals surface area contributed by atoms with Crippen molar-refractivity contribution in [3.05, 3.63) is 71.0 Å². The van der Waals surface area contributed by atoms with E-state index in [2.05, 4.69) is 118 Å². The van der Waals surface area contributed by atoms with E-state index in [1.807, 2.05) is 0 Å². The molecule has 1 heteroatoms. The number of benzene rings is 1. The Balaban J connectivity index is 0.902. The van der Waals surface area contributed by atoms with Crippen LogP contribution < -0.4 is 0 Å². The lowest BCUT2D eigenvalue weighted by atomic mass is 9.47. The quantitative estimate of drug-likeness (QED) is 0.207. The summed E-state index contributed by atoms with van der Waals surface area (Å²) in [5.74, 6) is 11.7. The van der Waals surface area contributed by atoms with E-state index in [0.717, 1.165) is 83.0 Å². The van der Waals surface area contributed by atoms with Gasteiger partial charge in [-0.25, -0.2) is 0 Å². The summed E-state index contributed by atoms with van der Waals surface area (Å²) in [6.45, 7) is 25.8. The van der Waals surface area contributed by atoms with Crippen molar-refractivity contribution in [2.24, 2.45) is 92.7 Å². The Kier molecular flexibility index (Phi) is 11.9. The number of allylic oxidation sites excluding steroid dienone is 8. The summed E-state index contributed by atoms with van der Waals surface area (Å²) in [6, 6.07) is 9.02. The summed E-state index contributed by atoms with van der Waals surface area (Å²) in [6.07, 6.45) is 38.5. The third kappa shape index (κ3) is 7.33. The van der Waals surface area contributed by atoms with E-state index in [0.29, 0.717) is 16.2 Å². The Hall–Kier alpha value is -2.28. The molecule has 0 unspecified atom stereocenters. The molecule has 1 nitrogen and oxygen atoms in total. The zero-order valence-corrected chi connectivity index (χ0v) is 42.1. The van der Waals surface area contributed by atoms with Gasteiger partial charge in [-0.15, -0.1) is 0 Å². The van der Waals surface area contributed by atoms with Crippen molar-refractivity contribution in [3.63, 3.8) is 0 Å². The lowest BCUT2D eigenvalue weighted by Gasteiger charge is -2.57. The molecule has 0 bridgehead atoms. The van der Waals surface area contributed by atoms with Gasteiger partial charge in [0.2, 0.25) is 0 Å². The lowest BCUT2D eigenvalue weighted by Crippen LogP contribution is -2.49. The van der Waals surface area contributed by atoms with E-state index in [4.69, 9.17) is 4.42 Å². The number of hydrogen-bond acceptors (Lipinski definition) is 1. The minimum atomic E-state index is 0.289. The van der Waals surface area contributed by atoms with E-state index >= 15 is 0 Å². The molecule has 4 saturated carbocycles. The summed E-state index contributed by atoms with van der Waals surface area (Å²) in [5, 5.41) is 1.33. The Labute approximate surface area is 386 Å². The molecule has 1 aromatic carbocycles. The Morgan fingerprint density at radius 3 is 1.57 bits per heavy atom. The average Bonchev–Trinajstić information content (AvgIpc) is 3.93. The third-order valence-corrected chi connectivity index (χ3v) is 22.1. The first-order valence-corrected chi connectivity index (χ1v) is 27.5. The fraction of sp³-hybridized carbons (Fsp3) is 0.742. The fourth-order valence-corrected chi connectivity index (χ4v) is 18.7. The minimum Gasteiger partial charge on any atom is -0.456 e. The van der Waals surface area contributed by atoms with Crippen LogP contribution in [-0.2, 0) is 0 Å². The van der Waals surface area contributed by atoms with Gasteiger partial charge in [-0.05, 0) is 211 Å². The molecule has 10 rings (SSSR count). The van der Waals surface area contributed by atoms with Gasteiger partial charge in [-0.1, -0.05) is 150 Å². The van der Waals surface area contributed by atoms with Crippen LogP contribution in [0, 0.1) is 92.7 Å². The largest absolute Gasteiger partial charge is 0.456 e. The molecule has 0 aliphatic heterocycles. The van der Waals surface area contributed by atoms with Crippen LogP contribution in [0.2, 0.25) is 0 Å². The molecule has 1 aromatic heterocycles. The van der Waals surface area contributed by atoms with Gasteiger partial charge in [0, 0.05) is 10.9 Å². The maximum Gasteiger partial charge on any atom is 0.138 e. The van der Waals surface area contributed by atoms with Crippen LogP contribution in [0.25, 0.3) is 22.1 Å². The van der Waals surface area contributed by atoms with Gasteiger partial charge in [0.05, 0.1) is 0 Å². The highest BCUT2D eigenvalue weighted by Crippen LogP contribution is 2.69. The van der Waals surface area contributed by atoms with Crippen molar-refractivity contribution >= 4 is 22.1 Å². The molecule has 0 spiro atoms. The van der Waals surface area contributed by atoms with Gasteiger partial charge in [0.25, 0.3) is 0 Å². The monoisotopic (exact) mass is 851 g/mol. The van der Waals surface area contributed by atoms with Gasteiger partial charge in [0.1, 0.15) is 11.3 Å². The highest BCUT2D eigenvalue weighted by molar-refractivity contribution is 5.97. The summed E-state index contributed by atoms with van der Waals surface area (Å²) >= 11 is 0. The first-order valence-electron chi connectivity index (χ1n) is 27.5. The van der Waals surface area contributed by atoms with Gasteiger partial charge in [0.15, 0.2) is 0 Å². The Morgan fingerprint density at radius 2 is 1.05 bits per heavy atom. The summed E-state index contributed by atoms with van der Waals surface area (Å²) in [4.78, 5) is 0. The second kappa shape index (κ2) is 16.8. The molecule has 14 atom stereocenters. The standard InChI is InChI=1S/C62H90O/c1-39(2)15-13-17-41(5)50-25-27-52-47-23-21-45-37-43(29-33-59(45,7)54(47)31-35-61(50,52)9)57-49-19-11-12-20-56(49)63-58(57)44-30-34-60(8)46(38-44)22-24-48-53-28-26-51(42(6)18-14-16-40(3)4)62(53,10)36-32-55(48)60/h11-12,19-22,37-42,47-48,50-55H,13-18,23-36H2,1-10H3/t41-,42-,47+,48+,50-,51-,52+,53+,54+,55+,59+,60+,61-,62-/m1/s1. The zero-order chi connectivity index (χ0) is 44.1. The number of furan rings is 1. The van der Waals surface area contributed by atoms with E-state index in [9.17, 15) is 0 Å². The van der Waals surface area contributed by atoms with Gasteiger partial charge >= 0.3 is 0 Å². The van der Waals surface area contributed by atoms with Crippen molar-refractivity contribution in [3.8, 4) is 0 Å². The maximum atomic E-state index is 7.07. The first-order chi connectivity index (χ1) is 30.2. The van der Waals surface area contributed by atoms with Crippen LogP contribution in [0.5, 0.6) is 0 Å². The molecule has 2 aromatic rings.